The van der Waals surface area contributed by atoms with Crippen molar-refractivity contribution in [1.82, 2.24) is 4.90 Å². The largest absolute Gasteiger partial charge is 0.422 e. The molecule has 0 aromatic heterocycles. The Morgan fingerprint density at radius 3 is 1.70 bits per heavy atom. The van der Waals surface area contributed by atoms with Crippen LogP contribution in [0.3, 0.4) is 0 Å². The van der Waals surface area contributed by atoms with Gasteiger partial charge < -0.3 is 4.74 Å². The molecular formula is C23H17NO3. The average molecular weight is 355 g/mol. The molecule has 4 rings (SSSR count). The van der Waals surface area contributed by atoms with Gasteiger partial charge in [-0.05, 0) is 16.7 Å². The highest BCUT2D eigenvalue weighted by Crippen LogP contribution is 2.32. The zero-order chi connectivity index (χ0) is 18.6. The molecule has 1 heterocycles. The van der Waals surface area contributed by atoms with E-state index in [9.17, 15) is 9.59 Å². The Bertz CT molecular complexity index is 954. The molecule has 0 unspecified atom stereocenters. The molecule has 3 aromatic carbocycles. The number of hydrogen-bond donors (Lipinski definition) is 0. The highest BCUT2D eigenvalue weighted by Gasteiger charge is 2.39. The lowest BCUT2D eigenvalue weighted by atomic mass is 9.96. The molecule has 1 aliphatic rings. The Hall–Kier alpha value is -3.66. The maximum Gasteiger partial charge on any atom is 0.422 e. The third-order valence-electron chi connectivity index (χ3n) is 4.38. The molecule has 1 fully saturated rings. The van der Waals surface area contributed by atoms with Crippen LogP contribution < -0.4 is 0 Å². The van der Waals surface area contributed by atoms with Crippen molar-refractivity contribution in [2.75, 3.05) is 0 Å². The van der Waals surface area contributed by atoms with Crippen LogP contribution in [-0.2, 0) is 16.1 Å². The topological polar surface area (TPSA) is 46.6 Å². The summed E-state index contributed by atoms with van der Waals surface area (Å²) in [6.45, 7) is 0.179. The number of carbonyl (C=O) groups is 2. The highest BCUT2D eigenvalue weighted by molar-refractivity contribution is 6.13. The van der Waals surface area contributed by atoms with E-state index >= 15 is 0 Å². The van der Waals surface area contributed by atoms with Gasteiger partial charge in [-0.2, -0.15) is 0 Å². The smallest absolute Gasteiger partial charge is 0.403 e. The van der Waals surface area contributed by atoms with E-state index in [4.69, 9.17) is 4.74 Å². The second kappa shape index (κ2) is 7.30. The predicted octanol–water partition coefficient (Wildman–Crippen LogP) is 4.63. The lowest BCUT2D eigenvalue weighted by molar-refractivity contribution is -0.123. The summed E-state index contributed by atoms with van der Waals surface area (Å²) >= 11 is 0. The van der Waals surface area contributed by atoms with Crippen molar-refractivity contribution in [2.45, 2.75) is 6.54 Å². The van der Waals surface area contributed by atoms with E-state index in [0.717, 1.165) is 21.6 Å². The van der Waals surface area contributed by atoms with E-state index in [2.05, 4.69) is 0 Å². The predicted molar refractivity (Wildman–Crippen MR) is 102 cm³/mol. The summed E-state index contributed by atoms with van der Waals surface area (Å²) in [5.74, 6) is -0.361. The zero-order valence-electron chi connectivity index (χ0n) is 14.5. The molecule has 4 heteroatoms. The summed E-state index contributed by atoms with van der Waals surface area (Å²) in [4.78, 5) is 26.6. The molecule has 0 N–H and O–H groups in total. The second-order valence-electron chi connectivity index (χ2n) is 6.18. The Kier molecular flexibility index (Phi) is 4.54. The molecule has 0 bridgehead atoms. The third kappa shape index (κ3) is 3.37. The molecule has 0 radical (unpaired) electrons. The number of nitrogens with zero attached hydrogens (tertiary/aromatic N) is 1. The second-order valence-corrected chi connectivity index (χ2v) is 6.18. The van der Waals surface area contributed by atoms with Crippen molar-refractivity contribution < 1.29 is 14.3 Å². The van der Waals surface area contributed by atoms with Gasteiger partial charge in [0, 0.05) is 5.57 Å². The van der Waals surface area contributed by atoms with E-state index in [-0.39, 0.29) is 12.3 Å². The van der Waals surface area contributed by atoms with Gasteiger partial charge >= 0.3 is 6.09 Å². The molecule has 0 saturated carbocycles. The summed E-state index contributed by atoms with van der Waals surface area (Å²) < 4.78 is 5.45. The molecular weight excluding hydrogens is 338 g/mol. The zero-order valence-corrected chi connectivity index (χ0v) is 14.5. The number of cyclic esters (lactones) is 1. The number of carbonyl (C=O) groups excluding carboxylic acids is 2. The first-order chi connectivity index (χ1) is 13.2. The minimum Gasteiger partial charge on any atom is -0.403 e. The minimum absolute atomic E-state index is 0.0633. The van der Waals surface area contributed by atoms with Crippen LogP contribution in [0.5, 0.6) is 0 Å². The van der Waals surface area contributed by atoms with Gasteiger partial charge in [-0.3, -0.25) is 4.79 Å². The monoisotopic (exact) mass is 355 g/mol. The molecule has 27 heavy (non-hydrogen) atoms. The van der Waals surface area contributed by atoms with Crippen LogP contribution in [0, 0.1) is 0 Å². The summed E-state index contributed by atoms with van der Waals surface area (Å²) in [5.41, 5.74) is 3.12. The number of ether oxygens (including phenoxy) is 1. The molecule has 0 atom stereocenters. The SMILES string of the molecule is O=C1OC(=C(c2ccccc2)c2ccccc2)C(=O)N1Cc1ccccc1. The Labute approximate surface area is 157 Å². The molecule has 2 amide bonds. The van der Waals surface area contributed by atoms with Crippen molar-refractivity contribution in [1.29, 1.82) is 0 Å². The van der Waals surface area contributed by atoms with Gasteiger partial charge in [0.25, 0.3) is 5.91 Å². The van der Waals surface area contributed by atoms with Crippen LogP contribution in [0.1, 0.15) is 16.7 Å². The van der Waals surface area contributed by atoms with Gasteiger partial charge in [0.2, 0.25) is 5.76 Å². The molecule has 1 aliphatic heterocycles. The third-order valence-corrected chi connectivity index (χ3v) is 4.38. The fourth-order valence-corrected chi connectivity index (χ4v) is 3.09. The van der Waals surface area contributed by atoms with Gasteiger partial charge in [0.1, 0.15) is 0 Å². The first kappa shape index (κ1) is 16.8. The van der Waals surface area contributed by atoms with E-state index in [1.165, 1.54) is 0 Å². The van der Waals surface area contributed by atoms with Crippen LogP contribution in [0.4, 0.5) is 4.79 Å². The van der Waals surface area contributed by atoms with Crippen LogP contribution >= 0.6 is 0 Å². The minimum atomic E-state index is -0.650. The van der Waals surface area contributed by atoms with Gasteiger partial charge in [-0.15, -0.1) is 0 Å². The number of benzene rings is 3. The van der Waals surface area contributed by atoms with Crippen molar-refractivity contribution in [3.05, 3.63) is 113 Å². The average Bonchev–Trinajstić information content (AvgIpc) is 2.99. The van der Waals surface area contributed by atoms with E-state index in [1.807, 2.05) is 91.0 Å². The van der Waals surface area contributed by atoms with Gasteiger partial charge in [0.05, 0.1) is 6.54 Å². The Morgan fingerprint density at radius 1 is 0.704 bits per heavy atom. The first-order valence-corrected chi connectivity index (χ1v) is 8.67. The highest BCUT2D eigenvalue weighted by atomic mass is 16.6. The van der Waals surface area contributed by atoms with Gasteiger partial charge in [-0.1, -0.05) is 91.0 Å². The molecule has 0 spiro atoms. The lowest BCUT2D eigenvalue weighted by Crippen LogP contribution is -2.28. The summed E-state index contributed by atoms with van der Waals surface area (Å²) in [5, 5.41) is 0. The number of imide groups is 1. The molecule has 4 nitrogen and oxygen atoms in total. The molecule has 1 saturated heterocycles. The summed E-state index contributed by atoms with van der Waals surface area (Å²) in [7, 11) is 0. The normalized spacial score (nSPS) is 13.6. The summed E-state index contributed by atoms with van der Waals surface area (Å²) in [6.07, 6.45) is -0.650. The maximum absolute atomic E-state index is 13.0. The van der Waals surface area contributed by atoms with E-state index in [1.54, 1.807) is 0 Å². The molecule has 3 aromatic rings. The Morgan fingerprint density at radius 2 is 1.19 bits per heavy atom. The van der Waals surface area contributed by atoms with Gasteiger partial charge in [0.15, 0.2) is 0 Å². The van der Waals surface area contributed by atoms with Gasteiger partial charge in [-0.25, -0.2) is 9.69 Å². The molecule has 132 valence electrons. The summed E-state index contributed by atoms with van der Waals surface area (Å²) in [6, 6.07) is 28.3. The van der Waals surface area contributed by atoms with Crippen molar-refractivity contribution >= 4 is 17.6 Å². The van der Waals surface area contributed by atoms with Crippen molar-refractivity contribution in [3.63, 3.8) is 0 Å². The number of hydrogen-bond acceptors (Lipinski definition) is 3. The Balaban J connectivity index is 1.78. The standard InChI is InChI=1S/C23H17NO3/c25-22-21(27-23(26)24(22)16-17-10-4-1-5-11-17)20(18-12-6-2-7-13-18)19-14-8-3-9-15-19/h1-15H,16H2. The van der Waals surface area contributed by atoms with Crippen LogP contribution in [-0.4, -0.2) is 16.9 Å². The fraction of sp³-hybridized carbons (Fsp3) is 0.0435. The van der Waals surface area contributed by atoms with E-state index in [0.29, 0.717) is 5.57 Å². The van der Waals surface area contributed by atoms with Crippen molar-refractivity contribution in [3.8, 4) is 0 Å². The number of rotatable bonds is 4. The number of amides is 2. The maximum atomic E-state index is 13.0. The quantitative estimate of drug-likeness (QED) is 0.641. The molecule has 0 aliphatic carbocycles. The fourth-order valence-electron chi connectivity index (χ4n) is 3.09. The van der Waals surface area contributed by atoms with Crippen molar-refractivity contribution in [2.24, 2.45) is 0 Å². The van der Waals surface area contributed by atoms with Crippen LogP contribution in [0.25, 0.3) is 5.57 Å². The first-order valence-electron chi connectivity index (χ1n) is 8.67. The van der Waals surface area contributed by atoms with E-state index < -0.39 is 12.0 Å². The lowest BCUT2D eigenvalue weighted by Gasteiger charge is -2.11. The van der Waals surface area contributed by atoms with Crippen LogP contribution in [0.2, 0.25) is 0 Å². The van der Waals surface area contributed by atoms with Crippen LogP contribution in [0.15, 0.2) is 96.8 Å².